The van der Waals surface area contributed by atoms with Crippen LogP contribution in [0.4, 0.5) is 5.69 Å². The van der Waals surface area contributed by atoms with Gasteiger partial charge < -0.3 is 5.32 Å². The van der Waals surface area contributed by atoms with Crippen LogP contribution >= 0.6 is 0 Å². The van der Waals surface area contributed by atoms with Gasteiger partial charge in [0, 0.05) is 17.7 Å². The van der Waals surface area contributed by atoms with Crippen molar-refractivity contribution in [2.24, 2.45) is 0 Å². The van der Waals surface area contributed by atoms with Crippen LogP contribution in [0.5, 0.6) is 0 Å². The molecule has 1 heterocycles. The number of benzene rings is 3. The molecule has 0 saturated heterocycles. The Hall–Kier alpha value is -2.92. The summed E-state index contributed by atoms with van der Waals surface area (Å²) in [7, 11) is -3.99. The Labute approximate surface area is 158 Å². The zero-order valence-electron chi connectivity index (χ0n) is 14.8. The monoisotopic (exact) mass is 377 g/mol. The van der Waals surface area contributed by atoms with E-state index in [-0.39, 0.29) is 11.3 Å². The second kappa shape index (κ2) is 6.35. The molecule has 4 nitrogen and oxygen atoms in total. The molecular weight excluding hydrogens is 358 g/mol. The van der Waals surface area contributed by atoms with Gasteiger partial charge in [-0.3, -0.25) is 4.79 Å². The molecule has 0 bridgehead atoms. The van der Waals surface area contributed by atoms with Crippen LogP contribution in [0.1, 0.15) is 16.7 Å². The Morgan fingerprint density at radius 2 is 1.48 bits per heavy atom. The van der Waals surface area contributed by atoms with Crippen molar-refractivity contribution in [3.63, 3.8) is 0 Å². The van der Waals surface area contributed by atoms with Crippen molar-refractivity contribution in [2.45, 2.75) is 23.0 Å². The molecule has 4 rings (SSSR count). The van der Waals surface area contributed by atoms with Crippen molar-refractivity contribution in [3.05, 3.63) is 95.6 Å². The third-order valence-corrected chi connectivity index (χ3v) is 7.42. The van der Waals surface area contributed by atoms with Crippen molar-refractivity contribution < 1.29 is 13.2 Å². The maximum absolute atomic E-state index is 13.8. The van der Waals surface area contributed by atoms with E-state index in [4.69, 9.17) is 0 Å². The number of amides is 1. The summed E-state index contributed by atoms with van der Waals surface area (Å²) in [5.41, 5.74) is 2.80. The number of sulfone groups is 1. The molecule has 1 unspecified atom stereocenters. The predicted octanol–water partition coefficient (Wildman–Crippen LogP) is 3.86. The second-order valence-electron chi connectivity index (χ2n) is 6.81. The van der Waals surface area contributed by atoms with E-state index in [0.717, 1.165) is 11.1 Å². The molecule has 0 aromatic heterocycles. The molecule has 0 fully saturated rings. The Kier molecular flexibility index (Phi) is 4.12. The minimum absolute atomic E-state index is 0.0763. The lowest BCUT2D eigenvalue weighted by atomic mass is 9.92. The molecule has 1 aliphatic rings. The van der Waals surface area contributed by atoms with Gasteiger partial charge in [-0.05, 0) is 30.7 Å². The number of nitrogens with one attached hydrogen (secondary N) is 1. The van der Waals surface area contributed by atoms with Gasteiger partial charge in [-0.25, -0.2) is 8.42 Å². The average Bonchev–Trinajstić information content (AvgIpc) is 2.96. The van der Waals surface area contributed by atoms with Crippen LogP contribution in [0.2, 0.25) is 0 Å². The molecule has 5 heteroatoms. The maximum Gasteiger partial charge on any atom is 0.251 e. The van der Waals surface area contributed by atoms with Gasteiger partial charge in [-0.1, -0.05) is 66.2 Å². The van der Waals surface area contributed by atoms with Crippen molar-refractivity contribution in [1.82, 2.24) is 0 Å². The number of hydrogen-bond donors (Lipinski definition) is 1. The first-order valence-corrected chi connectivity index (χ1v) is 10.2. The van der Waals surface area contributed by atoms with Gasteiger partial charge in [0.1, 0.15) is 0 Å². The molecule has 0 aliphatic carbocycles. The summed E-state index contributed by atoms with van der Waals surface area (Å²) in [6.45, 7) is 1.90. The zero-order chi connectivity index (χ0) is 19.1. The first kappa shape index (κ1) is 17.5. The minimum atomic E-state index is -3.99. The SMILES string of the molecule is Cc1ccc(S(=O)(=O)C2(Cc3ccccc3)C(=O)Nc3ccccc32)cc1. The molecule has 1 atom stereocenters. The van der Waals surface area contributed by atoms with E-state index in [1.54, 1.807) is 48.5 Å². The number of carbonyl (C=O) groups excluding carboxylic acids is 1. The fraction of sp³-hybridized carbons (Fsp3) is 0.136. The number of rotatable bonds is 4. The lowest BCUT2D eigenvalue weighted by Gasteiger charge is -2.28. The quantitative estimate of drug-likeness (QED) is 0.751. The molecule has 1 N–H and O–H groups in total. The third kappa shape index (κ3) is 2.66. The summed E-state index contributed by atoms with van der Waals surface area (Å²) in [6, 6.07) is 22.9. The van der Waals surface area contributed by atoms with Gasteiger partial charge >= 0.3 is 0 Å². The Balaban J connectivity index is 1.97. The fourth-order valence-corrected chi connectivity index (χ4v) is 5.65. The van der Waals surface area contributed by atoms with E-state index >= 15 is 0 Å². The summed E-state index contributed by atoms with van der Waals surface area (Å²) in [4.78, 5) is 13.3. The van der Waals surface area contributed by atoms with Crippen molar-refractivity contribution in [1.29, 1.82) is 0 Å². The standard InChI is InChI=1S/C22H19NO3S/c1-16-11-13-18(14-12-16)27(25,26)22(15-17-7-3-2-4-8-17)19-9-5-6-10-20(19)23-21(22)24/h2-14H,15H2,1H3,(H,23,24). The molecule has 0 saturated carbocycles. The smallest absolute Gasteiger partial charge is 0.251 e. The van der Waals surface area contributed by atoms with Crippen LogP contribution in [-0.2, 0) is 25.8 Å². The van der Waals surface area contributed by atoms with Crippen molar-refractivity contribution in [2.75, 3.05) is 5.32 Å². The lowest BCUT2D eigenvalue weighted by Crippen LogP contribution is -2.44. The molecule has 27 heavy (non-hydrogen) atoms. The van der Waals surface area contributed by atoms with E-state index in [1.807, 2.05) is 37.3 Å². The van der Waals surface area contributed by atoms with E-state index in [0.29, 0.717) is 11.3 Å². The number of carbonyl (C=O) groups is 1. The van der Waals surface area contributed by atoms with Crippen LogP contribution < -0.4 is 5.32 Å². The summed E-state index contributed by atoms with van der Waals surface area (Å²) >= 11 is 0. The largest absolute Gasteiger partial charge is 0.324 e. The van der Waals surface area contributed by atoms with E-state index in [9.17, 15) is 13.2 Å². The second-order valence-corrected chi connectivity index (χ2v) is 8.98. The number of para-hydroxylation sites is 1. The summed E-state index contributed by atoms with van der Waals surface area (Å²) < 4.78 is 25.9. The topological polar surface area (TPSA) is 63.2 Å². The molecule has 1 amide bonds. The highest BCUT2D eigenvalue weighted by Crippen LogP contribution is 2.46. The Bertz CT molecular complexity index is 1110. The minimum Gasteiger partial charge on any atom is -0.324 e. The molecule has 1 aliphatic heterocycles. The highest BCUT2D eigenvalue weighted by Gasteiger charge is 2.57. The molecular formula is C22H19NO3S. The van der Waals surface area contributed by atoms with Crippen LogP contribution in [-0.4, -0.2) is 14.3 Å². The van der Waals surface area contributed by atoms with E-state index < -0.39 is 20.5 Å². The van der Waals surface area contributed by atoms with Gasteiger partial charge in [-0.2, -0.15) is 0 Å². The van der Waals surface area contributed by atoms with Gasteiger partial charge in [0.25, 0.3) is 5.91 Å². The van der Waals surface area contributed by atoms with Crippen molar-refractivity contribution >= 4 is 21.4 Å². The lowest BCUT2D eigenvalue weighted by molar-refractivity contribution is -0.118. The Morgan fingerprint density at radius 1 is 0.852 bits per heavy atom. The number of fused-ring (bicyclic) bond motifs is 1. The highest BCUT2D eigenvalue weighted by molar-refractivity contribution is 7.93. The van der Waals surface area contributed by atoms with Gasteiger partial charge in [0.2, 0.25) is 0 Å². The summed E-state index contributed by atoms with van der Waals surface area (Å²) in [6.07, 6.45) is 0.0763. The molecule has 0 radical (unpaired) electrons. The van der Waals surface area contributed by atoms with Crippen LogP contribution in [0.15, 0.2) is 83.8 Å². The van der Waals surface area contributed by atoms with Gasteiger partial charge in [-0.15, -0.1) is 0 Å². The summed E-state index contributed by atoms with van der Waals surface area (Å²) in [5, 5.41) is 2.78. The van der Waals surface area contributed by atoms with Gasteiger partial charge in [0.15, 0.2) is 14.6 Å². The maximum atomic E-state index is 13.8. The number of anilines is 1. The predicted molar refractivity (Wildman–Crippen MR) is 105 cm³/mol. The number of hydrogen-bond acceptors (Lipinski definition) is 3. The molecule has 136 valence electrons. The van der Waals surface area contributed by atoms with Crippen molar-refractivity contribution in [3.8, 4) is 0 Å². The third-order valence-electron chi connectivity index (χ3n) is 5.06. The fourth-order valence-electron chi connectivity index (χ4n) is 3.63. The average molecular weight is 377 g/mol. The summed E-state index contributed by atoms with van der Waals surface area (Å²) in [5.74, 6) is -0.506. The Morgan fingerprint density at radius 3 is 2.19 bits per heavy atom. The highest BCUT2D eigenvalue weighted by atomic mass is 32.2. The normalized spacial score (nSPS) is 18.8. The first-order chi connectivity index (χ1) is 12.9. The zero-order valence-corrected chi connectivity index (χ0v) is 15.7. The van der Waals surface area contributed by atoms with E-state index in [2.05, 4.69) is 5.32 Å². The van der Waals surface area contributed by atoms with Crippen LogP contribution in [0.25, 0.3) is 0 Å². The van der Waals surface area contributed by atoms with Crippen LogP contribution in [0, 0.1) is 6.92 Å². The van der Waals surface area contributed by atoms with Gasteiger partial charge in [0.05, 0.1) is 4.90 Å². The molecule has 3 aromatic rings. The van der Waals surface area contributed by atoms with E-state index in [1.165, 1.54) is 0 Å². The molecule has 3 aromatic carbocycles. The number of aryl methyl sites for hydroxylation is 1. The van der Waals surface area contributed by atoms with Crippen LogP contribution in [0.3, 0.4) is 0 Å². The molecule has 0 spiro atoms. The first-order valence-electron chi connectivity index (χ1n) is 8.71.